The summed E-state index contributed by atoms with van der Waals surface area (Å²) in [5.41, 5.74) is -1.50. The molecule has 4 bridgehead atoms. The normalized spacial score (nSPS) is 36.5. The van der Waals surface area contributed by atoms with Crippen molar-refractivity contribution in [3.63, 3.8) is 0 Å². The summed E-state index contributed by atoms with van der Waals surface area (Å²) in [6.45, 7) is 3.60. The van der Waals surface area contributed by atoms with Gasteiger partial charge in [0.05, 0.1) is 19.2 Å². The van der Waals surface area contributed by atoms with Crippen LogP contribution < -0.4 is 0 Å². The molecule has 0 aliphatic heterocycles. The van der Waals surface area contributed by atoms with Gasteiger partial charge in [-0.25, -0.2) is 4.79 Å². The number of carbonyl (C=O) groups excluding carboxylic acids is 1. The maximum Gasteiger partial charge on any atom is 0.422 e. The molecule has 0 radical (unpaired) electrons. The lowest BCUT2D eigenvalue weighted by Gasteiger charge is -2.61. The average molecular weight is 378 g/mol. The number of esters is 1. The molecule has 142 valence electrons. The van der Waals surface area contributed by atoms with Crippen molar-refractivity contribution < 1.29 is 27.4 Å². The van der Waals surface area contributed by atoms with Crippen LogP contribution in [0.3, 0.4) is 0 Å². The Morgan fingerprint density at radius 1 is 1.16 bits per heavy atom. The molecular weight excluding hydrogens is 353 g/mol. The Balaban J connectivity index is 1.65. The lowest BCUT2D eigenvalue weighted by atomic mass is 9.44. The second-order valence-corrected chi connectivity index (χ2v) is 9.08. The second kappa shape index (κ2) is 6.80. The van der Waals surface area contributed by atoms with Gasteiger partial charge in [0.15, 0.2) is 0 Å². The van der Waals surface area contributed by atoms with Crippen molar-refractivity contribution in [3.8, 4) is 0 Å². The van der Waals surface area contributed by atoms with E-state index < -0.39 is 17.7 Å². The molecule has 25 heavy (non-hydrogen) atoms. The highest BCUT2D eigenvalue weighted by molar-refractivity contribution is 7.98. The number of thioether (sulfide) groups is 1. The van der Waals surface area contributed by atoms with E-state index in [-0.39, 0.29) is 17.4 Å². The van der Waals surface area contributed by atoms with Crippen LogP contribution >= 0.6 is 11.8 Å². The van der Waals surface area contributed by atoms with E-state index in [9.17, 15) is 18.0 Å². The first-order chi connectivity index (χ1) is 11.7. The fourth-order valence-corrected chi connectivity index (χ4v) is 6.00. The van der Waals surface area contributed by atoms with Gasteiger partial charge in [-0.1, -0.05) is 6.58 Å². The molecule has 4 aliphatic rings. The average Bonchev–Trinajstić information content (AvgIpc) is 2.50. The zero-order chi connectivity index (χ0) is 18.3. The van der Waals surface area contributed by atoms with Gasteiger partial charge in [-0.05, 0) is 62.0 Å². The van der Waals surface area contributed by atoms with Gasteiger partial charge in [-0.2, -0.15) is 13.2 Å². The number of hydrogen-bond donors (Lipinski definition) is 0. The van der Waals surface area contributed by atoms with Crippen LogP contribution in [0.5, 0.6) is 0 Å². The van der Waals surface area contributed by atoms with Crippen LogP contribution in [-0.2, 0) is 14.3 Å². The first kappa shape index (κ1) is 19.1. The summed E-state index contributed by atoms with van der Waals surface area (Å²) in [7, 11) is 0. The summed E-state index contributed by atoms with van der Waals surface area (Å²) in [6.07, 6.45) is 3.48. The van der Waals surface area contributed by atoms with Crippen molar-refractivity contribution in [2.45, 2.75) is 44.7 Å². The molecule has 0 amide bonds. The van der Waals surface area contributed by atoms with E-state index in [2.05, 4.69) is 6.58 Å². The van der Waals surface area contributed by atoms with E-state index in [0.717, 1.165) is 32.1 Å². The molecule has 0 spiro atoms. The molecule has 0 heterocycles. The minimum absolute atomic E-state index is 0.0677. The maximum atomic E-state index is 12.6. The largest absolute Gasteiger partial charge is 0.462 e. The summed E-state index contributed by atoms with van der Waals surface area (Å²) in [5.74, 6) is 0.466. The van der Waals surface area contributed by atoms with Crippen molar-refractivity contribution >= 4 is 17.7 Å². The topological polar surface area (TPSA) is 35.5 Å². The molecular formula is C18H25F3O3S. The van der Waals surface area contributed by atoms with Crippen molar-refractivity contribution in [3.05, 3.63) is 12.2 Å². The number of hydrogen-bond acceptors (Lipinski definition) is 4. The van der Waals surface area contributed by atoms with Crippen molar-refractivity contribution in [2.75, 3.05) is 25.4 Å². The molecule has 2 unspecified atom stereocenters. The zero-order valence-electron chi connectivity index (χ0n) is 14.5. The first-order valence-corrected chi connectivity index (χ1v) is 10.1. The summed E-state index contributed by atoms with van der Waals surface area (Å²) >= 11 is 1.64. The summed E-state index contributed by atoms with van der Waals surface area (Å²) in [6, 6.07) is 0. The minimum atomic E-state index is -4.73. The van der Waals surface area contributed by atoms with Crippen molar-refractivity contribution in [2.24, 2.45) is 22.7 Å². The Morgan fingerprint density at radius 3 is 2.24 bits per heavy atom. The van der Waals surface area contributed by atoms with Crippen LogP contribution in [0.4, 0.5) is 13.2 Å². The van der Waals surface area contributed by atoms with E-state index >= 15 is 0 Å². The molecule has 0 saturated heterocycles. The lowest BCUT2D eigenvalue weighted by Crippen LogP contribution is -2.55. The van der Waals surface area contributed by atoms with E-state index in [1.54, 1.807) is 11.8 Å². The van der Waals surface area contributed by atoms with Crippen LogP contribution in [-0.4, -0.2) is 37.6 Å². The Bertz CT molecular complexity index is 532. The smallest absolute Gasteiger partial charge is 0.422 e. The van der Waals surface area contributed by atoms with Crippen LogP contribution in [0.25, 0.3) is 0 Å². The van der Waals surface area contributed by atoms with Crippen LogP contribution in [0.15, 0.2) is 12.2 Å². The molecule has 2 atom stereocenters. The molecule has 4 saturated carbocycles. The highest BCUT2D eigenvalue weighted by Crippen LogP contribution is 2.65. The SMILES string of the molecule is C=C(C(=O)OCC12CC3CC(CC(COCSC)(C3)C1)C2)C(F)(F)F. The lowest BCUT2D eigenvalue weighted by molar-refractivity contribution is -0.174. The van der Waals surface area contributed by atoms with E-state index in [1.807, 2.05) is 6.26 Å². The zero-order valence-corrected chi connectivity index (χ0v) is 15.3. The first-order valence-electron chi connectivity index (χ1n) is 8.67. The number of ether oxygens (including phenoxy) is 2. The molecule has 0 aromatic carbocycles. The standard InChI is InChI=1S/C18H25F3O3S/c1-12(18(19,20)21)15(22)24-10-17-6-13-3-14(7-17)5-16(4-13,8-17)9-23-11-25-2/h13-14H,1,3-11H2,2H3. The van der Waals surface area contributed by atoms with Crippen LogP contribution in [0, 0.1) is 22.7 Å². The quantitative estimate of drug-likeness (QED) is 0.281. The molecule has 0 aromatic heterocycles. The molecule has 7 heteroatoms. The molecule has 3 nitrogen and oxygen atoms in total. The van der Waals surface area contributed by atoms with E-state index in [4.69, 9.17) is 9.47 Å². The van der Waals surface area contributed by atoms with Gasteiger partial charge in [-0.15, -0.1) is 11.8 Å². The Kier molecular flexibility index (Phi) is 5.19. The fourth-order valence-electron chi connectivity index (χ4n) is 5.75. The minimum Gasteiger partial charge on any atom is -0.462 e. The number of alkyl halides is 3. The Hall–Kier alpha value is -0.690. The molecule has 0 N–H and O–H groups in total. The summed E-state index contributed by atoms with van der Waals surface area (Å²) in [5, 5.41) is 0. The second-order valence-electron chi connectivity index (χ2n) is 8.27. The van der Waals surface area contributed by atoms with Gasteiger partial charge in [0, 0.05) is 5.41 Å². The molecule has 0 aromatic rings. The third-order valence-corrected chi connectivity index (χ3v) is 6.41. The monoisotopic (exact) mass is 378 g/mol. The highest BCUT2D eigenvalue weighted by atomic mass is 32.2. The summed E-state index contributed by atoms with van der Waals surface area (Å²) < 4.78 is 48.7. The van der Waals surface area contributed by atoms with Crippen LogP contribution in [0.2, 0.25) is 0 Å². The van der Waals surface area contributed by atoms with Gasteiger partial charge < -0.3 is 9.47 Å². The summed E-state index contributed by atoms with van der Waals surface area (Å²) in [4.78, 5) is 11.7. The van der Waals surface area contributed by atoms with Crippen molar-refractivity contribution in [1.82, 2.24) is 0 Å². The Morgan fingerprint density at radius 2 is 1.72 bits per heavy atom. The number of halogens is 3. The van der Waals surface area contributed by atoms with Gasteiger partial charge in [0.1, 0.15) is 5.57 Å². The third-order valence-electron chi connectivity index (χ3n) is 6.01. The van der Waals surface area contributed by atoms with Gasteiger partial charge in [0.2, 0.25) is 0 Å². The molecule has 4 fully saturated rings. The number of carbonyl (C=O) groups is 1. The molecule has 4 aliphatic carbocycles. The van der Waals surface area contributed by atoms with Gasteiger partial charge in [-0.3, -0.25) is 0 Å². The van der Waals surface area contributed by atoms with Crippen molar-refractivity contribution in [1.29, 1.82) is 0 Å². The molecule has 4 rings (SSSR count). The van der Waals surface area contributed by atoms with E-state index in [1.165, 1.54) is 6.42 Å². The fraction of sp³-hybridized carbons (Fsp3) is 0.833. The number of rotatable bonds is 7. The van der Waals surface area contributed by atoms with E-state index in [0.29, 0.717) is 24.4 Å². The maximum absolute atomic E-state index is 12.6. The van der Waals surface area contributed by atoms with Gasteiger partial charge in [0.25, 0.3) is 0 Å². The third kappa shape index (κ3) is 4.02. The predicted molar refractivity (Wildman–Crippen MR) is 90.0 cm³/mol. The highest BCUT2D eigenvalue weighted by Gasteiger charge is 2.58. The Labute approximate surface area is 150 Å². The van der Waals surface area contributed by atoms with Gasteiger partial charge >= 0.3 is 12.1 Å². The van der Waals surface area contributed by atoms with Crippen LogP contribution in [0.1, 0.15) is 38.5 Å². The predicted octanol–water partition coefficient (Wildman–Crippen LogP) is 4.57.